The van der Waals surface area contributed by atoms with E-state index in [2.05, 4.69) is 39.0 Å². The molecule has 0 aliphatic heterocycles. The number of hydrogen-bond acceptors (Lipinski definition) is 1. The number of allylic oxidation sites excluding steroid dienone is 3. The van der Waals surface area contributed by atoms with Gasteiger partial charge in [-0.1, -0.05) is 26.8 Å². The maximum Gasteiger partial charge on any atom is 0.114 e. The third kappa shape index (κ3) is 6.02. The Morgan fingerprint density at radius 2 is 1.92 bits per heavy atom. The Bertz CT molecular complexity index is 145. The molecule has 0 spiro atoms. The lowest BCUT2D eigenvalue weighted by atomic mass is 10.3. The standard InChI is InChI=1S/C11H20O/c1-4-7-9-11(8-5-2)12-10-6-3/h7-9H,4-6,10H2,1-3H3/b9-7-,11-8+. The smallest absolute Gasteiger partial charge is 0.114 e. The highest BCUT2D eigenvalue weighted by Crippen LogP contribution is 2.03. The normalized spacial score (nSPS) is 12.4. The first-order chi connectivity index (χ1) is 5.85. The van der Waals surface area contributed by atoms with Crippen molar-refractivity contribution in [2.45, 2.75) is 40.0 Å². The fraction of sp³-hybridized carbons (Fsp3) is 0.636. The van der Waals surface area contributed by atoms with Crippen molar-refractivity contribution in [3.63, 3.8) is 0 Å². The van der Waals surface area contributed by atoms with E-state index < -0.39 is 0 Å². The molecule has 0 heterocycles. The Balaban J connectivity index is 3.86. The van der Waals surface area contributed by atoms with E-state index in [0.29, 0.717) is 0 Å². The molecule has 0 atom stereocenters. The Kier molecular flexibility index (Phi) is 7.87. The summed E-state index contributed by atoms with van der Waals surface area (Å²) in [6.07, 6.45) is 9.46. The maximum atomic E-state index is 5.51. The van der Waals surface area contributed by atoms with Crippen LogP contribution in [0.25, 0.3) is 0 Å². The summed E-state index contributed by atoms with van der Waals surface area (Å²) in [5.74, 6) is 1.02. The summed E-state index contributed by atoms with van der Waals surface area (Å²) in [5.41, 5.74) is 0. The quantitative estimate of drug-likeness (QED) is 0.434. The first-order valence-corrected chi connectivity index (χ1v) is 4.84. The fourth-order valence-corrected chi connectivity index (χ4v) is 0.830. The Morgan fingerprint density at radius 1 is 1.17 bits per heavy atom. The van der Waals surface area contributed by atoms with Gasteiger partial charge in [0.25, 0.3) is 0 Å². The lowest BCUT2D eigenvalue weighted by Gasteiger charge is -2.04. The van der Waals surface area contributed by atoms with Gasteiger partial charge in [0.1, 0.15) is 5.76 Å². The minimum absolute atomic E-state index is 0.819. The maximum absolute atomic E-state index is 5.51. The lowest BCUT2D eigenvalue weighted by Crippen LogP contribution is -1.90. The lowest BCUT2D eigenvalue weighted by molar-refractivity contribution is 0.223. The molecule has 0 aromatic heterocycles. The summed E-state index contributed by atoms with van der Waals surface area (Å²) < 4.78 is 5.51. The van der Waals surface area contributed by atoms with Crippen LogP contribution in [0.5, 0.6) is 0 Å². The summed E-state index contributed by atoms with van der Waals surface area (Å²) in [5, 5.41) is 0. The topological polar surface area (TPSA) is 9.23 Å². The van der Waals surface area contributed by atoms with Crippen molar-refractivity contribution in [3.8, 4) is 0 Å². The third-order valence-corrected chi connectivity index (χ3v) is 1.40. The van der Waals surface area contributed by atoms with Crippen LogP contribution in [-0.4, -0.2) is 6.61 Å². The van der Waals surface area contributed by atoms with Crippen molar-refractivity contribution < 1.29 is 4.74 Å². The van der Waals surface area contributed by atoms with Crippen molar-refractivity contribution in [3.05, 3.63) is 24.0 Å². The van der Waals surface area contributed by atoms with E-state index in [1.807, 2.05) is 0 Å². The van der Waals surface area contributed by atoms with Crippen LogP contribution in [0.1, 0.15) is 40.0 Å². The molecule has 0 amide bonds. The van der Waals surface area contributed by atoms with Gasteiger partial charge in [-0.25, -0.2) is 0 Å². The zero-order valence-corrected chi connectivity index (χ0v) is 8.47. The second kappa shape index (κ2) is 8.38. The van der Waals surface area contributed by atoms with Gasteiger partial charge in [-0.3, -0.25) is 0 Å². The number of rotatable bonds is 6. The molecule has 0 aliphatic carbocycles. The van der Waals surface area contributed by atoms with Gasteiger partial charge in [-0.2, -0.15) is 0 Å². The molecule has 0 saturated carbocycles. The molecule has 1 nitrogen and oxygen atoms in total. The third-order valence-electron chi connectivity index (χ3n) is 1.40. The number of hydrogen-bond donors (Lipinski definition) is 0. The molecule has 0 saturated heterocycles. The molecule has 1 heteroatoms. The molecule has 0 aromatic carbocycles. The van der Waals surface area contributed by atoms with Crippen LogP contribution < -0.4 is 0 Å². The highest BCUT2D eigenvalue weighted by atomic mass is 16.5. The molecular formula is C11H20O. The van der Waals surface area contributed by atoms with E-state index in [4.69, 9.17) is 4.74 Å². The van der Waals surface area contributed by atoms with E-state index in [1.54, 1.807) is 0 Å². The summed E-state index contributed by atoms with van der Waals surface area (Å²) in [4.78, 5) is 0. The molecule has 0 radical (unpaired) electrons. The Labute approximate surface area is 76.1 Å². The molecule has 70 valence electrons. The van der Waals surface area contributed by atoms with E-state index in [1.165, 1.54) is 0 Å². The minimum Gasteiger partial charge on any atom is -0.494 e. The van der Waals surface area contributed by atoms with Crippen molar-refractivity contribution in [2.24, 2.45) is 0 Å². The van der Waals surface area contributed by atoms with Crippen LogP contribution in [0.4, 0.5) is 0 Å². The highest BCUT2D eigenvalue weighted by molar-refractivity contribution is 5.11. The zero-order valence-electron chi connectivity index (χ0n) is 8.47. The van der Waals surface area contributed by atoms with Gasteiger partial charge in [-0.15, -0.1) is 0 Å². The first kappa shape index (κ1) is 11.3. The van der Waals surface area contributed by atoms with Crippen molar-refractivity contribution >= 4 is 0 Å². The average molecular weight is 168 g/mol. The molecule has 0 bridgehead atoms. The van der Waals surface area contributed by atoms with Gasteiger partial charge >= 0.3 is 0 Å². The summed E-state index contributed by atoms with van der Waals surface area (Å²) >= 11 is 0. The second-order valence-electron chi connectivity index (χ2n) is 2.67. The van der Waals surface area contributed by atoms with Crippen molar-refractivity contribution in [1.82, 2.24) is 0 Å². The van der Waals surface area contributed by atoms with Crippen LogP contribution in [0, 0.1) is 0 Å². The predicted octanol–water partition coefficient (Wildman–Crippen LogP) is 3.67. The monoisotopic (exact) mass is 168 g/mol. The van der Waals surface area contributed by atoms with Gasteiger partial charge < -0.3 is 4.74 Å². The molecular weight excluding hydrogens is 148 g/mol. The van der Waals surface area contributed by atoms with E-state index in [9.17, 15) is 0 Å². The summed E-state index contributed by atoms with van der Waals surface area (Å²) in [7, 11) is 0. The molecule has 0 rings (SSSR count). The molecule has 0 N–H and O–H groups in total. The Hall–Kier alpha value is -0.720. The van der Waals surface area contributed by atoms with Gasteiger partial charge in [0, 0.05) is 0 Å². The van der Waals surface area contributed by atoms with Crippen LogP contribution in [0.2, 0.25) is 0 Å². The molecule has 12 heavy (non-hydrogen) atoms. The van der Waals surface area contributed by atoms with Crippen molar-refractivity contribution in [1.29, 1.82) is 0 Å². The van der Waals surface area contributed by atoms with Crippen molar-refractivity contribution in [2.75, 3.05) is 6.61 Å². The zero-order chi connectivity index (χ0) is 9.23. The SMILES string of the molecule is CC/C=C\C(=C/CC)OCCC. The highest BCUT2D eigenvalue weighted by Gasteiger charge is 1.89. The molecule has 0 aromatic rings. The second-order valence-corrected chi connectivity index (χ2v) is 2.67. The minimum atomic E-state index is 0.819. The van der Waals surface area contributed by atoms with Gasteiger partial charge in [0.05, 0.1) is 6.61 Å². The van der Waals surface area contributed by atoms with E-state index in [0.717, 1.165) is 31.6 Å². The molecule has 0 unspecified atom stereocenters. The van der Waals surface area contributed by atoms with Crippen LogP contribution in [0.3, 0.4) is 0 Å². The van der Waals surface area contributed by atoms with Crippen LogP contribution in [-0.2, 0) is 4.74 Å². The summed E-state index contributed by atoms with van der Waals surface area (Å²) in [6.45, 7) is 7.18. The van der Waals surface area contributed by atoms with Crippen LogP contribution >= 0.6 is 0 Å². The molecule has 0 aliphatic rings. The first-order valence-electron chi connectivity index (χ1n) is 4.84. The van der Waals surface area contributed by atoms with Gasteiger partial charge in [-0.05, 0) is 31.4 Å². The summed E-state index contributed by atoms with van der Waals surface area (Å²) in [6, 6.07) is 0. The Morgan fingerprint density at radius 3 is 2.42 bits per heavy atom. The van der Waals surface area contributed by atoms with Gasteiger partial charge in [0.2, 0.25) is 0 Å². The largest absolute Gasteiger partial charge is 0.494 e. The molecule has 0 fully saturated rings. The fourth-order valence-electron chi connectivity index (χ4n) is 0.830. The van der Waals surface area contributed by atoms with E-state index >= 15 is 0 Å². The average Bonchev–Trinajstić information content (AvgIpc) is 2.10. The number of ether oxygens (including phenoxy) is 1. The predicted molar refractivity (Wildman–Crippen MR) is 54.0 cm³/mol. The van der Waals surface area contributed by atoms with Gasteiger partial charge in [0.15, 0.2) is 0 Å². The van der Waals surface area contributed by atoms with Crippen LogP contribution in [0.15, 0.2) is 24.0 Å². The van der Waals surface area contributed by atoms with E-state index in [-0.39, 0.29) is 0 Å².